The van der Waals surface area contributed by atoms with E-state index in [0.29, 0.717) is 55.5 Å². The summed E-state index contributed by atoms with van der Waals surface area (Å²) in [7, 11) is -3.62. The molecule has 10 heteroatoms. The third-order valence-electron chi connectivity index (χ3n) is 8.58. The Hall–Kier alpha value is -5.58. The zero-order valence-corrected chi connectivity index (χ0v) is 28.8. The van der Waals surface area contributed by atoms with Crippen molar-refractivity contribution in [3.63, 3.8) is 0 Å². The molecule has 9 nitrogen and oxygen atoms in total. The van der Waals surface area contributed by atoms with Gasteiger partial charge in [-0.15, -0.1) is 0 Å². The van der Waals surface area contributed by atoms with E-state index in [1.54, 1.807) is 24.3 Å². The number of hydrogen-bond donors (Lipinski definition) is 1. The molecule has 1 aliphatic rings. The monoisotopic (exact) mass is 702 g/mol. The van der Waals surface area contributed by atoms with Gasteiger partial charge in [-0.25, -0.2) is 8.42 Å². The van der Waals surface area contributed by atoms with E-state index in [4.69, 9.17) is 18.6 Å². The third kappa shape index (κ3) is 8.09. The Morgan fingerprint density at radius 1 is 0.725 bits per heavy atom. The number of hydrogen-bond acceptors (Lipinski definition) is 8. The lowest BCUT2D eigenvalue weighted by molar-refractivity contribution is 0.130. The predicted octanol–water partition coefficient (Wildman–Crippen LogP) is 7.79. The molecule has 51 heavy (non-hydrogen) atoms. The van der Waals surface area contributed by atoms with Crippen molar-refractivity contribution in [1.29, 1.82) is 0 Å². The zero-order chi connectivity index (χ0) is 35.0. The van der Waals surface area contributed by atoms with E-state index >= 15 is 0 Å². The summed E-state index contributed by atoms with van der Waals surface area (Å²) in [6.07, 6.45) is 0.467. The quantitative estimate of drug-likeness (QED) is 0.115. The third-order valence-corrected chi connectivity index (χ3v) is 10.4. The van der Waals surface area contributed by atoms with Crippen LogP contribution >= 0.6 is 0 Å². The Balaban J connectivity index is 1.24. The summed E-state index contributed by atoms with van der Waals surface area (Å²) in [4.78, 5) is 14.5. The second-order valence-electron chi connectivity index (χ2n) is 12.2. The lowest BCUT2D eigenvalue weighted by Gasteiger charge is -2.21. The van der Waals surface area contributed by atoms with Gasteiger partial charge in [0.25, 0.3) is 0 Å². The molecule has 0 aliphatic carbocycles. The van der Waals surface area contributed by atoms with Crippen molar-refractivity contribution in [3.05, 3.63) is 154 Å². The zero-order valence-electron chi connectivity index (χ0n) is 28.0. The van der Waals surface area contributed by atoms with Gasteiger partial charge in [0, 0.05) is 24.3 Å². The minimum absolute atomic E-state index is 0.0132. The predicted molar refractivity (Wildman–Crippen MR) is 200 cm³/mol. The molecule has 1 aliphatic heterocycles. The van der Waals surface area contributed by atoms with Crippen LogP contribution in [0.2, 0.25) is 0 Å². The van der Waals surface area contributed by atoms with Gasteiger partial charge in [0.2, 0.25) is 21.2 Å². The lowest BCUT2D eigenvalue weighted by Crippen LogP contribution is -2.26. The highest BCUT2D eigenvalue weighted by Gasteiger charge is 2.32. The molecule has 1 N–H and O–H groups in total. The van der Waals surface area contributed by atoms with Gasteiger partial charge in [-0.1, -0.05) is 91.0 Å². The van der Waals surface area contributed by atoms with Crippen molar-refractivity contribution < 1.29 is 27.0 Å². The Labute approximate surface area is 297 Å². The van der Waals surface area contributed by atoms with Crippen LogP contribution in [-0.4, -0.2) is 33.9 Å². The fourth-order valence-electron chi connectivity index (χ4n) is 5.99. The van der Waals surface area contributed by atoms with E-state index in [-0.39, 0.29) is 41.4 Å². The molecule has 260 valence electrons. The summed E-state index contributed by atoms with van der Waals surface area (Å²) in [5.41, 5.74) is 4.19. The number of ether oxygens (including phenoxy) is 3. The highest BCUT2D eigenvalue weighted by atomic mass is 32.2. The first-order valence-corrected chi connectivity index (χ1v) is 18.5. The summed E-state index contributed by atoms with van der Waals surface area (Å²) in [6.45, 7) is 2.11. The fraction of sp³-hybridized carbons (Fsp3) is 0.195. The molecule has 1 saturated heterocycles. The summed E-state index contributed by atoms with van der Waals surface area (Å²) in [5, 5.41) is 3.52. The van der Waals surface area contributed by atoms with Crippen molar-refractivity contribution in [2.75, 3.05) is 35.1 Å². The first kappa shape index (κ1) is 33.9. The molecule has 0 radical (unpaired) electrons. The molecule has 2 heterocycles. The van der Waals surface area contributed by atoms with Crippen molar-refractivity contribution in [2.45, 2.75) is 26.2 Å². The molecule has 5 aromatic carbocycles. The summed E-state index contributed by atoms with van der Waals surface area (Å²) in [5.74, 6) is 0.887. The van der Waals surface area contributed by atoms with Crippen LogP contribution in [0.3, 0.4) is 0 Å². The largest absolute Gasteiger partial charge is 0.489 e. The molecule has 0 bridgehead atoms. The number of anilines is 2. The molecule has 0 saturated carbocycles. The van der Waals surface area contributed by atoms with Crippen molar-refractivity contribution in [1.82, 2.24) is 0 Å². The molecular formula is C41H38N2O7S. The van der Waals surface area contributed by atoms with E-state index < -0.39 is 15.5 Å². The second-order valence-corrected chi connectivity index (χ2v) is 14.3. The first-order chi connectivity index (χ1) is 24.9. The minimum Gasteiger partial charge on any atom is -0.489 e. The van der Waals surface area contributed by atoms with E-state index in [1.165, 1.54) is 4.31 Å². The van der Waals surface area contributed by atoms with E-state index in [0.717, 1.165) is 16.7 Å². The van der Waals surface area contributed by atoms with Gasteiger partial charge in [-0.3, -0.25) is 9.10 Å². The first-order valence-electron chi connectivity index (χ1n) is 16.9. The summed E-state index contributed by atoms with van der Waals surface area (Å²) >= 11 is 0. The van der Waals surface area contributed by atoms with Crippen LogP contribution in [0.5, 0.6) is 11.5 Å². The average Bonchev–Trinajstić information content (AvgIpc) is 3.53. The molecule has 0 spiro atoms. The van der Waals surface area contributed by atoms with Gasteiger partial charge in [-0.2, -0.15) is 0 Å². The molecule has 0 amide bonds. The van der Waals surface area contributed by atoms with Gasteiger partial charge in [0.05, 0.1) is 30.0 Å². The second kappa shape index (κ2) is 15.5. The normalized spacial score (nSPS) is 13.7. The number of nitrogens with one attached hydrogen (secondary N) is 1. The van der Waals surface area contributed by atoms with Crippen LogP contribution in [0, 0.1) is 0 Å². The van der Waals surface area contributed by atoms with Gasteiger partial charge < -0.3 is 23.9 Å². The van der Waals surface area contributed by atoms with Gasteiger partial charge in [-0.05, 0) is 59.5 Å². The van der Waals surface area contributed by atoms with E-state index in [1.807, 2.05) is 103 Å². The highest BCUT2D eigenvalue weighted by molar-refractivity contribution is 7.93. The molecule has 0 unspecified atom stereocenters. The average molecular weight is 703 g/mol. The number of fused-ring (bicyclic) bond motifs is 1. The van der Waals surface area contributed by atoms with E-state index in [9.17, 15) is 13.2 Å². The maximum absolute atomic E-state index is 14.5. The molecule has 0 atom stereocenters. The van der Waals surface area contributed by atoms with Crippen LogP contribution < -0.4 is 24.5 Å². The van der Waals surface area contributed by atoms with Crippen LogP contribution in [0.1, 0.15) is 23.1 Å². The number of rotatable bonds is 14. The van der Waals surface area contributed by atoms with Crippen LogP contribution in [0.4, 0.5) is 11.4 Å². The molecule has 1 aromatic heterocycles. The van der Waals surface area contributed by atoms with Crippen molar-refractivity contribution >= 4 is 32.4 Å². The smallest absolute Gasteiger partial charge is 0.235 e. The fourth-order valence-corrected chi connectivity index (χ4v) is 7.54. The van der Waals surface area contributed by atoms with Crippen molar-refractivity contribution in [2.24, 2.45) is 0 Å². The van der Waals surface area contributed by atoms with Gasteiger partial charge in [0.1, 0.15) is 19.0 Å². The maximum atomic E-state index is 14.5. The topological polar surface area (TPSA) is 107 Å². The number of benzene rings is 5. The van der Waals surface area contributed by atoms with E-state index in [2.05, 4.69) is 5.32 Å². The van der Waals surface area contributed by atoms with Crippen LogP contribution in [0.25, 0.3) is 22.3 Å². The molecule has 6 aromatic rings. The highest BCUT2D eigenvalue weighted by Crippen LogP contribution is 2.39. The van der Waals surface area contributed by atoms with Gasteiger partial charge >= 0.3 is 0 Å². The Morgan fingerprint density at radius 3 is 1.94 bits per heavy atom. The Bertz CT molecular complexity index is 2240. The minimum atomic E-state index is -3.62. The maximum Gasteiger partial charge on any atom is 0.235 e. The standard InChI is InChI=1S/C41H38N2O7S/c44-38-36-25-34(42-21-23-47-27-30-11-4-1-5-12-30)26-37(43-22-10-24-51(43,45)46)40(36)50-39(41(38)49-29-32-15-8-3-9-16-32)33-17-19-35(20-18-33)48-28-31-13-6-2-7-14-31/h1-9,11-20,25-26,42H,10,21-24,27-29H2. The Kier molecular flexibility index (Phi) is 10.3. The SMILES string of the molecule is O=c1c(OCc2ccccc2)c(-c2ccc(OCc3ccccc3)cc2)oc2c(N3CCCS3(=O)=O)cc(NCCOCc3ccccc3)cc12. The summed E-state index contributed by atoms with van der Waals surface area (Å²) in [6, 6.07) is 39.9. The number of nitrogens with zero attached hydrogens (tertiary/aromatic N) is 1. The Morgan fingerprint density at radius 2 is 1.33 bits per heavy atom. The molecule has 1 fully saturated rings. The van der Waals surface area contributed by atoms with Crippen LogP contribution in [-0.2, 0) is 34.6 Å². The molecular weight excluding hydrogens is 665 g/mol. The lowest BCUT2D eigenvalue weighted by atomic mass is 10.1. The number of sulfonamides is 1. The summed E-state index contributed by atoms with van der Waals surface area (Å²) < 4.78 is 52.5. The van der Waals surface area contributed by atoms with Gasteiger partial charge in [0.15, 0.2) is 11.3 Å². The molecule has 7 rings (SSSR count). The van der Waals surface area contributed by atoms with Crippen molar-refractivity contribution in [3.8, 4) is 22.8 Å². The van der Waals surface area contributed by atoms with Crippen LogP contribution in [0.15, 0.2) is 137 Å².